The van der Waals surface area contributed by atoms with Crippen LogP contribution in [0.4, 0.5) is 0 Å². The Balaban J connectivity index is 1.89. The first-order valence-electron chi connectivity index (χ1n) is 12.2. The summed E-state index contributed by atoms with van der Waals surface area (Å²) in [7, 11) is 0. The van der Waals surface area contributed by atoms with Crippen LogP contribution in [0.5, 0.6) is 11.5 Å². The van der Waals surface area contributed by atoms with E-state index >= 15 is 0 Å². The molecule has 0 spiro atoms. The van der Waals surface area contributed by atoms with E-state index in [0.717, 1.165) is 30.8 Å². The molecule has 4 nitrogen and oxygen atoms in total. The van der Waals surface area contributed by atoms with Crippen molar-refractivity contribution < 1.29 is 19.4 Å². The summed E-state index contributed by atoms with van der Waals surface area (Å²) in [6.07, 6.45) is 12.8. The van der Waals surface area contributed by atoms with Gasteiger partial charge < -0.3 is 14.6 Å². The Kier molecular flexibility index (Phi) is 8.85. The van der Waals surface area contributed by atoms with E-state index in [1.807, 2.05) is 26.0 Å². The number of ether oxygens (including phenoxy) is 2. The summed E-state index contributed by atoms with van der Waals surface area (Å²) < 4.78 is 12.6. The summed E-state index contributed by atoms with van der Waals surface area (Å²) in [5.41, 5.74) is -0.303. The van der Waals surface area contributed by atoms with Crippen LogP contribution in [-0.4, -0.2) is 22.3 Å². The number of carboxylic acids is 1. The maximum absolute atomic E-state index is 11.5. The smallest absolute Gasteiger partial charge is 0.309 e. The molecule has 0 fully saturated rings. The van der Waals surface area contributed by atoms with E-state index in [0.29, 0.717) is 6.42 Å². The van der Waals surface area contributed by atoms with Crippen molar-refractivity contribution in [2.24, 2.45) is 5.41 Å². The molecule has 1 N–H and O–H groups in total. The number of benzene rings is 1. The highest BCUT2D eigenvalue weighted by Crippen LogP contribution is 2.39. The molecular weight excluding hydrogens is 388 g/mol. The molecule has 1 atom stereocenters. The van der Waals surface area contributed by atoms with Gasteiger partial charge >= 0.3 is 5.97 Å². The number of aliphatic carboxylic acids is 1. The molecule has 1 aliphatic heterocycles. The normalized spacial score (nSPS) is 18.9. The van der Waals surface area contributed by atoms with Crippen molar-refractivity contribution >= 4 is 5.97 Å². The summed E-state index contributed by atoms with van der Waals surface area (Å²) in [4.78, 5) is 11.5. The Morgan fingerprint density at radius 1 is 1.10 bits per heavy atom. The van der Waals surface area contributed by atoms with Crippen molar-refractivity contribution in [3.05, 3.63) is 23.8 Å². The van der Waals surface area contributed by atoms with Crippen molar-refractivity contribution in [1.82, 2.24) is 0 Å². The molecule has 1 heterocycles. The van der Waals surface area contributed by atoms with Crippen LogP contribution in [-0.2, 0) is 11.2 Å². The quantitative estimate of drug-likeness (QED) is 0.327. The number of carboxylic acid groups (broad SMARTS) is 1. The Bertz CT molecular complexity index is 722. The third-order valence-corrected chi connectivity index (χ3v) is 6.46. The monoisotopic (exact) mass is 432 g/mol. The largest absolute Gasteiger partial charge is 0.488 e. The molecule has 0 saturated carbocycles. The molecule has 0 bridgehead atoms. The summed E-state index contributed by atoms with van der Waals surface area (Å²) in [6, 6.07) is 6.04. The SMILES string of the molecule is CCCCCCCCCC1(C)CCc2cc(OC(C)(C)CC(C)(C)C(=O)O)ccc2O1. The van der Waals surface area contributed by atoms with Gasteiger partial charge in [-0.25, -0.2) is 0 Å². The van der Waals surface area contributed by atoms with E-state index in [2.05, 4.69) is 19.9 Å². The predicted molar refractivity (Wildman–Crippen MR) is 127 cm³/mol. The molecule has 0 radical (unpaired) electrons. The van der Waals surface area contributed by atoms with Crippen LogP contribution in [0.3, 0.4) is 0 Å². The van der Waals surface area contributed by atoms with Crippen LogP contribution < -0.4 is 9.47 Å². The molecule has 2 rings (SSSR count). The van der Waals surface area contributed by atoms with Gasteiger partial charge in [-0.3, -0.25) is 4.79 Å². The van der Waals surface area contributed by atoms with Crippen molar-refractivity contribution in [2.75, 3.05) is 0 Å². The number of aryl methyl sites for hydroxylation is 1. The van der Waals surface area contributed by atoms with Crippen molar-refractivity contribution in [3.63, 3.8) is 0 Å². The third-order valence-electron chi connectivity index (χ3n) is 6.46. The first-order chi connectivity index (χ1) is 14.5. The summed E-state index contributed by atoms with van der Waals surface area (Å²) in [5, 5.41) is 9.43. The molecule has 4 heteroatoms. The van der Waals surface area contributed by atoms with E-state index in [4.69, 9.17) is 9.47 Å². The highest BCUT2D eigenvalue weighted by Gasteiger charge is 2.36. The van der Waals surface area contributed by atoms with Crippen LogP contribution in [0.2, 0.25) is 0 Å². The number of hydrogen-bond acceptors (Lipinski definition) is 3. The standard InChI is InChI=1S/C27H44O4/c1-7-8-9-10-11-12-13-17-27(6)18-16-21-19-22(14-15-23(21)31-27)30-26(4,5)20-25(2,3)24(28)29/h14-15,19H,7-13,16-18,20H2,1-6H3,(H,28,29). The van der Waals surface area contributed by atoms with E-state index in [1.54, 1.807) is 13.8 Å². The van der Waals surface area contributed by atoms with Gasteiger partial charge in [-0.1, -0.05) is 45.4 Å². The molecule has 0 saturated heterocycles. The number of unbranched alkanes of at least 4 members (excludes halogenated alkanes) is 6. The van der Waals surface area contributed by atoms with Crippen LogP contribution in [0.25, 0.3) is 0 Å². The lowest BCUT2D eigenvalue weighted by Crippen LogP contribution is -2.38. The van der Waals surface area contributed by atoms with E-state index < -0.39 is 17.0 Å². The lowest BCUT2D eigenvalue weighted by molar-refractivity contribution is -0.149. The average Bonchev–Trinajstić information content (AvgIpc) is 2.66. The number of fused-ring (bicyclic) bond motifs is 1. The van der Waals surface area contributed by atoms with Crippen LogP contribution in [0, 0.1) is 5.41 Å². The van der Waals surface area contributed by atoms with E-state index in [9.17, 15) is 9.90 Å². The average molecular weight is 433 g/mol. The minimum Gasteiger partial charge on any atom is -0.488 e. The summed E-state index contributed by atoms with van der Waals surface area (Å²) in [5.74, 6) is 0.945. The molecule has 0 aromatic heterocycles. The van der Waals surface area contributed by atoms with E-state index in [1.165, 1.54) is 50.5 Å². The maximum Gasteiger partial charge on any atom is 0.309 e. The van der Waals surface area contributed by atoms with Crippen LogP contribution in [0.1, 0.15) is 111 Å². The van der Waals surface area contributed by atoms with Gasteiger partial charge in [0.15, 0.2) is 0 Å². The van der Waals surface area contributed by atoms with Gasteiger partial charge in [0.1, 0.15) is 22.7 Å². The second-order valence-corrected chi connectivity index (χ2v) is 10.9. The number of carbonyl (C=O) groups is 1. The fourth-order valence-electron chi connectivity index (χ4n) is 4.76. The second kappa shape index (κ2) is 10.7. The third kappa shape index (κ3) is 8.05. The molecule has 1 aromatic carbocycles. The summed E-state index contributed by atoms with van der Waals surface area (Å²) in [6.45, 7) is 11.9. The van der Waals surface area contributed by atoms with Crippen LogP contribution >= 0.6 is 0 Å². The molecule has 1 aromatic rings. The lowest BCUT2D eigenvalue weighted by Gasteiger charge is -2.37. The summed E-state index contributed by atoms with van der Waals surface area (Å²) >= 11 is 0. The Morgan fingerprint density at radius 2 is 1.74 bits per heavy atom. The fourth-order valence-corrected chi connectivity index (χ4v) is 4.76. The zero-order chi connectivity index (χ0) is 23.1. The minimum atomic E-state index is -0.835. The molecular formula is C27H44O4. The Morgan fingerprint density at radius 3 is 2.39 bits per heavy atom. The van der Waals surface area contributed by atoms with Crippen molar-refractivity contribution in [3.8, 4) is 11.5 Å². The Hall–Kier alpha value is -1.71. The molecule has 31 heavy (non-hydrogen) atoms. The minimum absolute atomic E-state index is 0.0798. The van der Waals surface area contributed by atoms with Crippen molar-refractivity contribution in [1.29, 1.82) is 0 Å². The highest BCUT2D eigenvalue weighted by molar-refractivity contribution is 5.73. The number of rotatable bonds is 13. The van der Waals surface area contributed by atoms with Gasteiger partial charge in [-0.15, -0.1) is 0 Å². The van der Waals surface area contributed by atoms with Gasteiger partial charge in [0.2, 0.25) is 0 Å². The molecule has 1 unspecified atom stereocenters. The van der Waals surface area contributed by atoms with Crippen molar-refractivity contribution in [2.45, 2.75) is 123 Å². The number of hydrogen-bond donors (Lipinski definition) is 1. The topological polar surface area (TPSA) is 55.8 Å². The van der Waals surface area contributed by atoms with Gasteiger partial charge in [-0.05, 0) is 84.1 Å². The van der Waals surface area contributed by atoms with Crippen LogP contribution in [0.15, 0.2) is 18.2 Å². The second-order valence-electron chi connectivity index (χ2n) is 10.9. The molecule has 1 aliphatic rings. The fraction of sp³-hybridized carbons (Fsp3) is 0.741. The zero-order valence-corrected chi connectivity index (χ0v) is 20.7. The highest BCUT2D eigenvalue weighted by atomic mass is 16.5. The van der Waals surface area contributed by atoms with Gasteiger partial charge in [0.25, 0.3) is 0 Å². The molecule has 0 amide bonds. The van der Waals surface area contributed by atoms with E-state index in [-0.39, 0.29) is 5.60 Å². The van der Waals surface area contributed by atoms with Gasteiger partial charge in [0, 0.05) is 6.42 Å². The zero-order valence-electron chi connectivity index (χ0n) is 20.7. The van der Waals surface area contributed by atoms with Gasteiger partial charge in [0.05, 0.1) is 5.41 Å². The lowest BCUT2D eigenvalue weighted by atomic mass is 9.82. The molecule has 176 valence electrons. The first-order valence-corrected chi connectivity index (χ1v) is 12.2. The molecule has 0 aliphatic carbocycles. The first kappa shape index (κ1) is 25.5. The predicted octanol–water partition coefficient (Wildman–Crippen LogP) is 7.57. The maximum atomic E-state index is 11.5. The van der Waals surface area contributed by atoms with Gasteiger partial charge in [-0.2, -0.15) is 0 Å². The Labute approximate surface area is 189 Å².